The Labute approximate surface area is 116 Å². The summed E-state index contributed by atoms with van der Waals surface area (Å²) in [7, 11) is 1.71. The predicted octanol–water partition coefficient (Wildman–Crippen LogP) is 3.05. The van der Waals surface area contributed by atoms with Gasteiger partial charge in [-0.3, -0.25) is 4.79 Å². The second kappa shape index (κ2) is 5.85. The van der Waals surface area contributed by atoms with Crippen molar-refractivity contribution in [2.24, 2.45) is 0 Å². The molecule has 0 aliphatic heterocycles. The highest BCUT2D eigenvalue weighted by Crippen LogP contribution is 2.23. The molecular weight excluding hydrogens is 294 g/mol. The van der Waals surface area contributed by atoms with Crippen LogP contribution in [0.5, 0.6) is 0 Å². The van der Waals surface area contributed by atoms with Crippen molar-refractivity contribution in [1.82, 2.24) is 5.32 Å². The van der Waals surface area contributed by atoms with Crippen LogP contribution in [-0.2, 0) is 4.74 Å². The first-order valence-electron chi connectivity index (χ1n) is 6.21. The number of carbonyl (C=O) groups excluding carboxylic acids is 1. The molecule has 1 fully saturated rings. The Morgan fingerprint density at radius 1 is 1.44 bits per heavy atom. The van der Waals surface area contributed by atoms with Crippen LogP contribution in [0, 0.1) is 6.92 Å². The molecule has 1 aromatic carbocycles. The van der Waals surface area contributed by atoms with Crippen molar-refractivity contribution < 1.29 is 9.53 Å². The van der Waals surface area contributed by atoms with Crippen LogP contribution in [0.3, 0.4) is 0 Å². The molecular formula is C14H18BrNO2. The van der Waals surface area contributed by atoms with Gasteiger partial charge >= 0.3 is 0 Å². The van der Waals surface area contributed by atoms with Crippen molar-refractivity contribution in [3.05, 3.63) is 33.8 Å². The van der Waals surface area contributed by atoms with E-state index in [4.69, 9.17) is 4.74 Å². The zero-order valence-electron chi connectivity index (χ0n) is 10.7. The number of carbonyl (C=O) groups is 1. The van der Waals surface area contributed by atoms with Gasteiger partial charge in [-0.25, -0.2) is 0 Å². The van der Waals surface area contributed by atoms with Crippen molar-refractivity contribution in [3.63, 3.8) is 0 Å². The summed E-state index contributed by atoms with van der Waals surface area (Å²) in [6, 6.07) is 5.89. The average Bonchev–Trinajstić information content (AvgIpc) is 2.76. The van der Waals surface area contributed by atoms with Crippen LogP contribution in [0.25, 0.3) is 0 Å². The van der Waals surface area contributed by atoms with Crippen LogP contribution >= 0.6 is 15.9 Å². The van der Waals surface area contributed by atoms with Gasteiger partial charge in [-0.2, -0.15) is 0 Å². The third-order valence-electron chi connectivity index (χ3n) is 3.44. The van der Waals surface area contributed by atoms with Crippen LogP contribution in [-0.4, -0.2) is 25.2 Å². The van der Waals surface area contributed by atoms with E-state index in [-0.39, 0.29) is 18.1 Å². The van der Waals surface area contributed by atoms with Crippen LogP contribution in [0.1, 0.15) is 35.2 Å². The lowest BCUT2D eigenvalue weighted by Gasteiger charge is -2.20. The number of halogens is 1. The molecule has 0 aromatic heterocycles. The van der Waals surface area contributed by atoms with E-state index >= 15 is 0 Å². The third kappa shape index (κ3) is 2.93. The van der Waals surface area contributed by atoms with E-state index in [2.05, 4.69) is 21.2 Å². The smallest absolute Gasteiger partial charge is 0.252 e. The molecule has 98 valence electrons. The third-order valence-corrected chi connectivity index (χ3v) is 4.10. The van der Waals surface area contributed by atoms with Gasteiger partial charge in [0.15, 0.2) is 0 Å². The molecule has 1 N–H and O–H groups in total. The Balaban J connectivity index is 2.07. The quantitative estimate of drug-likeness (QED) is 0.931. The van der Waals surface area contributed by atoms with Gasteiger partial charge in [0.05, 0.1) is 17.7 Å². The summed E-state index contributed by atoms with van der Waals surface area (Å²) in [5, 5.41) is 3.06. The van der Waals surface area contributed by atoms with E-state index in [1.807, 2.05) is 25.1 Å². The van der Waals surface area contributed by atoms with E-state index in [0.717, 1.165) is 29.3 Å². The molecule has 3 nitrogen and oxygen atoms in total. The maximum absolute atomic E-state index is 12.2. The van der Waals surface area contributed by atoms with Gasteiger partial charge in [-0.1, -0.05) is 6.07 Å². The fourth-order valence-electron chi connectivity index (χ4n) is 2.42. The summed E-state index contributed by atoms with van der Waals surface area (Å²) >= 11 is 3.44. The summed E-state index contributed by atoms with van der Waals surface area (Å²) in [4.78, 5) is 12.2. The Hall–Kier alpha value is -0.870. The molecule has 0 spiro atoms. The highest BCUT2D eigenvalue weighted by Gasteiger charge is 2.28. The number of hydrogen-bond donors (Lipinski definition) is 1. The van der Waals surface area contributed by atoms with Crippen molar-refractivity contribution >= 4 is 21.8 Å². The average molecular weight is 312 g/mol. The normalized spacial score (nSPS) is 23.1. The summed E-state index contributed by atoms with van der Waals surface area (Å²) in [6.45, 7) is 2.00. The number of benzene rings is 1. The molecule has 18 heavy (non-hydrogen) atoms. The fourth-order valence-corrected chi connectivity index (χ4v) is 3.10. The number of amides is 1. The standard InChI is InChI=1S/C14H18BrNO2/c1-9-6-7-10(11(15)8-9)14(17)16-12-4-3-5-13(12)18-2/h6-8,12-13H,3-5H2,1-2H3,(H,16,17). The first-order chi connectivity index (χ1) is 8.61. The van der Waals surface area contributed by atoms with Crippen LogP contribution < -0.4 is 5.32 Å². The second-order valence-electron chi connectivity index (χ2n) is 4.77. The van der Waals surface area contributed by atoms with E-state index in [0.29, 0.717) is 5.56 Å². The van der Waals surface area contributed by atoms with Crippen molar-refractivity contribution in [2.75, 3.05) is 7.11 Å². The highest BCUT2D eigenvalue weighted by molar-refractivity contribution is 9.10. The molecule has 2 rings (SSSR count). The van der Waals surface area contributed by atoms with Crippen molar-refractivity contribution in [2.45, 2.75) is 38.3 Å². The lowest BCUT2D eigenvalue weighted by atomic mass is 10.1. The molecule has 0 saturated heterocycles. The lowest BCUT2D eigenvalue weighted by molar-refractivity contribution is 0.0722. The molecule has 1 aliphatic carbocycles. The maximum atomic E-state index is 12.2. The first-order valence-corrected chi connectivity index (χ1v) is 7.01. The number of hydrogen-bond acceptors (Lipinski definition) is 2. The maximum Gasteiger partial charge on any atom is 0.252 e. The molecule has 1 aromatic rings. The lowest BCUT2D eigenvalue weighted by Crippen LogP contribution is -2.40. The van der Waals surface area contributed by atoms with Gasteiger partial charge in [-0.15, -0.1) is 0 Å². The highest BCUT2D eigenvalue weighted by atomic mass is 79.9. The zero-order valence-corrected chi connectivity index (χ0v) is 12.3. The van der Waals surface area contributed by atoms with Crippen molar-refractivity contribution in [1.29, 1.82) is 0 Å². The van der Waals surface area contributed by atoms with E-state index in [1.54, 1.807) is 7.11 Å². The summed E-state index contributed by atoms with van der Waals surface area (Å²) in [6.07, 6.45) is 3.28. The van der Waals surface area contributed by atoms with Crippen LogP contribution in [0.15, 0.2) is 22.7 Å². The van der Waals surface area contributed by atoms with Gasteiger partial charge in [0.2, 0.25) is 0 Å². The number of rotatable bonds is 3. The number of aryl methyl sites for hydroxylation is 1. The van der Waals surface area contributed by atoms with Crippen LogP contribution in [0.2, 0.25) is 0 Å². The van der Waals surface area contributed by atoms with E-state index in [1.165, 1.54) is 0 Å². The number of ether oxygens (including phenoxy) is 1. The molecule has 4 heteroatoms. The van der Waals surface area contributed by atoms with Gasteiger partial charge in [0.25, 0.3) is 5.91 Å². The summed E-state index contributed by atoms with van der Waals surface area (Å²) in [5.41, 5.74) is 1.82. The number of nitrogens with one attached hydrogen (secondary N) is 1. The Morgan fingerprint density at radius 3 is 2.89 bits per heavy atom. The largest absolute Gasteiger partial charge is 0.379 e. The van der Waals surface area contributed by atoms with E-state index in [9.17, 15) is 4.79 Å². The first kappa shape index (κ1) is 13.6. The molecule has 2 unspecified atom stereocenters. The predicted molar refractivity (Wildman–Crippen MR) is 74.8 cm³/mol. The van der Waals surface area contributed by atoms with Gasteiger partial charge in [-0.05, 0) is 59.8 Å². The minimum absolute atomic E-state index is 0.0316. The Bertz CT molecular complexity index is 447. The molecule has 2 atom stereocenters. The Morgan fingerprint density at radius 2 is 2.22 bits per heavy atom. The molecule has 1 saturated carbocycles. The van der Waals surface area contributed by atoms with Gasteiger partial charge in [0.1, 0.15) is 0 Å². The van der Waals surface area contributed by atoms with Gasteiger partial charge in [0, 0.05) is 11.6 Å². The SMILES string of the molecule is COC1CCCC1NC(=O)c1ccc(C)cc1Br. The molecule has 1 aliphatic rings. The fraction of sp³-hybridized carbons (Fsp3) is 0.500. The molecule has 0 heterocycles. The molecule has 1 amide bonds. The minimum Gasteiger partial charge on any atom is -0.379 e. The van der Waals surface area contributed by atoms with Gasteiger partial charge < -0.3 is 10.1 Å². The van der Waals surface area contributed by atoms with E-state index < -0.39 is 0 Å². The van der Waals surface area contributed by atoms with Crippen molar-refractivity contribution in [3.8, 4) is 0 Å². The van der Waals surface area contributed by atoms with Crippen LogP contribution in [0.4, 0.5) is 0 Å². The zero-order chi connectivity index (χ0) is 13.1. The molecule has 0 bridgehead atoms. The number of methoxy groups -OCH3 is 1. The monoisotopic (exact) mass is 311 g/mol. The second-order valence-corrected chi connectivity index (χ2v) is 5.62. The topological polar surface area (TPSA) is 38.3 Å². The minimum atomic E-state index is -0.0316. The molecule has 0 radical (unpaired) electrons. The summed E-state index contributed by atoms with van der Waals surface area (Å²) < 4.78 is 6.22. The summed E-state index contributed by atoms with van der Waals surface area (Å²) in [5.74, 6) is -0.0316. The Kier molecular flexibility index (Phi) is 4.40.